The largest absolute Gasteiger partial charge is 0.481 e. The van der Waals surface area contributed by atoms with Crippen molar-refractivity contribution in [3.05, 3.63) is 99.6 Å². The number of hydrogen-bond donors (Lipinski definition) is 2. The van der Waals surface area contributed by atoms with Gasteiger partial charge in [-0.25, -0.2) is 0 Å². The lowest BCUT2D eigenvalue weighted by Gasteiger charge is -2.31. The number of halogens is 1. The second-order valence-electron chi connectivity index (χ2n) is 9.64. The fraction of sp³-hybridized carbons (Fsp3) is 0.290. The highest BCUT2D eigenvalue weighted by atomic mass is 35.5. The molecule has 8 heteroatoms. The molecule has 39 heavy (non-hydrogen) atoms. The first kappa shape index (κ1) is 27.9. The molecule has 0 bridgehead atoms. The molecule has 0 spiro atoms. The highest BCUT2D eigenvalue weighted by molar-refractivity contribution is 6.30. The van der Waals surface area contributed by atoms with E-state index in [2.05, 4.69) is 18.3 Å². The number of nitrogens with one attached hydrogen (secondary N) is 1. The van der Waals surface area contributed by atoms with Gasteiger partial charge < -0.3 is 15.3 Å². The third-order valence-electron chi connectivity index (χ3n) is 7.09. The molecular formula is C31H30ClN3O4. The van der Waals surface area contributed by atoms with E-state index in [0.29, 0.717) is 29.1 Å². The zero-order chi connectivity index (χ0) is 27.9. The number of carbonyl (C=O) groups is 3. The molecule has 0 saturated heterocycles. The predicted molar refractivity (Wildman–Crippen MR) is 150 cm³/mol. The summed E-state index contributed by atoms with van der Waals surface area (Å²) in [6.07, 6.45) is 2.14. The second-order valence-corrected chi connectivity index (χ2v) is 10.1. The van der Waals surface area contributed by atoms with Crippen LogP contribution in [0.25, 0.3) is 0 Å². The molecule has 0 aromatic heterocycles. The zero-order valence-corrected chi connectivity index (χ0v) is 22.4. The fourth-order valence-corrected chi connectivity index (χ4v) is 5.31. The van der Waals surface area contributed by atoms with Crippen LogP contribution < -0.4 is 10.2 Å². The summed E-state index contributed by atoms with van der Waals surface area (Å²) in [5.41, 5.74) is 4.62. The van der Waals surface area contributed by atoms with Gasteiger partial charge in [0, 0.05) is 29.4 Å². The Morgan fingerprint density at radius 2 is 1.74 bits per heavy atom. The molecule has 3 aromatic rings. The third kappa shape index (κ3) is 6.47. The van der Waals surface area contributed by atoms with Crippen molar-refractivity contribution in [1.29, 1.82) is 5.26 Å². The summed E-state index contributed by atoms with van der Waals surface area (Å²) in [6.45, 7) is 2.67. The Morgan fingerprint density at radius 3 is 2.38 bits per heavy atom. The highest BCUT2D eigenvalue weighted by Crippen LogP contribution is 2.41. The Morgan fingerprint density at radius 1 is 1.05 bits per heavy atom. The van der Waals surface area contributed by atoms with Crippen LogP contribution in [-0.4, -0.2) is 36.0 Å². The summed E-state index contributed by atoms with van der Waals surface area (Å²) in [7, 11) is 0. The van der Waals surface area contributed by atoms with Crippen molar-refractivity contribution in [2.75, 3.05) is 18.0 Å². The van der Waals surface area contributed by atoms with Crippen molar-refractivity contribution in [1.82, 2.24) is 5.32 Å². The van der Waals surface area contributed by atoms with Crippen molar-refractivity contribution in [2.24, 2.45) is 0 Å². The molecule has 2 N–H and O–H groups in total. The monoisotopic (exact) mass is 543 g/mol. The lowest BCUT2D eigenvalue weighted by atomic mass is 9.77. The number of carbonyl (C=O) groups excluding carboxylic acids is 2. The van der Waals surface area contributed by atoms with Gasteiger partial charge in [0.2, 0.25) is 5.91 Å². The number of hydrogen-bond acceptors (Lipinski definition) is 4. The van der Waals surface area contributed by atoms with Crippen LogP contribution in [-0.2, 0) is 16.0 Å². The van der Waals surface area contributed by atoms with E-state index < -0.39 is 11.9 Å². The third-order valence-corrected chi connectivity index (χ3v) is 7.34. The molecule has 1 aliphatic heterocycles. The number of carboxylic acid groups (broad SMARTS) is 1. The molecule has 3 aromatic carbocycles. The van der Waals surface area contributed by atoms with Crippen molar-refractivity contribution in [3.63, 3.8) is 0 Å². The number of benzene rings is 3. The number of nitriles is 1. The maximum Gasteiger partial charge on any atom is 0.305 e. The minimum atomic E-state index is -0.975. The predicted octanol–water partition coefficient (Wildman–Crippen LogP) is 5.67. The lowest BCUT2D eigenvalue weighted by Crippen LogP contribution is -2.36. The molecule has 0 aliphatic carbocycles. The minimum Gasteiger partial charge on any atom is -0.481 e. The summed E-state index contributed by atoms with van der Waals surface area (Å²) in [4.78, 5) is 39.3. The molecule has 1 heterocycles. The molecular weight excluding hydrogens is 514 g/mol. The van der Waals surface area contributed by atoms with Gasteiger partial charge in [-0.3, -0.25) is 14.4 Å². The summed E-state index contributed by atoms with van der Waals surface area (Å²) in [5.74, 6) is -1.98. The van der Waals surface area contributed by atoms with Crippen LogP contribution in [0, 0.1) is 11.3 Å². The number of aliphatic carboxylic acids is 1. The van der Waals surface area contributed by atoms with E-state index in [1.54, 1.807) is 30.3 Å². The van der Waals surface area contributed by atoms with Gasteiger partial charge in [-0.1, -0.05) is 49.2 Å². The van der Waals surface area contributed by atoms with Crippen molar-refractivity contribution in [2.45, 2.75) is 44.4 Å². The van der Waals surface area contributed by atoms with Crippen LogP contribution >= 0.6 is 11.6 Å². The highest BCUT2D eigenvalue weighted by Gasteiger charge is 2.36. The van der Waals surface area contributed by atoms with Crippen LogP contribution in [0.2, 0.25) is 5.02 Å². The molecule has 0 saturated carbocycles. The summed E-state index contributed by atoms with van der Waals surface area (Å²) >= 11 is 6.18. The van der Waals surface area contributed by atoms with E-state index in [1.807, 2.05) is 41.3 Å². The van der Waals surface area contributed by atoms with Crippen LogP contribution in [0.1, 0.15) is 70.6 Å². The number of fused-ring (bicyclic) bond motifs is 1. The van der Waals surface area contributed by atoms with Gasteiger partial charge in [-0.05, 0) is 77.9 Å². The van der Waals surface area contributed by atoms with Gasteiger partial charge in [-0.15, -0.1) is 0 Å². The Labute approximate surface area is 233 Å². The summed E-state index contributed by atoms with van der Waals surface area (Å²) in [6, 6.07) is 22.2. The SMILES string of the molecule is CCCC(c1ccc(C(=O)NCCC(=O)O)cc1)C(C(=O)N1CCc2cc(C#N)ccc21)c1ccc(Cl)cc1. The minimum absolute atomic E-state index is 0.0188. The maximum absolute atomic E-state index is 14.3. The van der Waals surface area contributed by atoms with Crippen molar-refractivity contribution in [3.8, 4) is 6.07 Å². The average molecular weight is 544 g/mol. The number of anilines is 1. The first-order valence-electron chi connectivity index (χ1n) is 13.0. The van der Waals surface area contributed by atoms with E-state index >= 15 is 0 Å². The first-order chi connectivity index (χ1) is 18.8. The van der Waals surface area contributed by atoms with Crippen LogP contribution in [0.3, 0.4) is 0 Å². The van der Waals surface area contributed by atoms with Crippen molar-refractivity contribution < 1.29 is 19.5 Å². The number of amides is 2. The van der Waals surface area contributed by atoms with Gasteiger partial charge in [0.15, 0.2) is 0 Å². The van der Waals surface area contributed by atoms with Crippen LogP contribution in [0.5, 0.6) is 0 Å². The second kappa shape index (κ2) is 12.6. The normalized spacial score (nSPS) is 13.7. The first-order valence-corrected chi connectivity index (χ1v) is 13.4. The van der Waals surface area contributed by atoms with E-state index in [0.717, 1.165) is 35.2 Å². The number of nitrogens with zero attached hydrogens (tertiary/aromatic N) is 2. The molecule has 0 fully saturated rings. The number of rotatable bonds is 10. The lowest BCUT2D eigenvalue weighted by molar-refractivity contribution is -0.136. The molecule has 1 aliphatic rings. The summed E-state index contributed by atoms with van der Waals surface area (Å²) < 4.78 is 0. The fourth-order valence-electron chi connectivity index (χ4n) is 5.19. The molecule has 4 rings (SSSR count). The Balaban J connectivity index is 1.67. The molecule has 7 nitrogen and oxygen atoms in total. The Kier molecular flexibility index (Phi) is 9.00. The molecule has 2 atom stereocenters. The summed E-state index contributed by atoms with van der Waals surface area (Å²) in [5, 5.41) is 21.3. The van der Waals surface area contributed by atoms with E-state index in [1.165, 1.54) is 0 Å². The van der Waals surface area contributed by atoms with Gasteiger partial charge in [0.1, 0.15) is 0 Å². The Bertz CT molecular complexity index is 1400. The molecule has 0 radical (unpaired) electrons. The van der Waals surface area contributed by atoms with Gasteiger partial charge >= 0.3 is 5.97 Å². The van der Waals surface area contributed by atoms with Crippen LogP contribution in [0.15, 0.2) is 66.7 Å². The number of carboxylic acids is 1. The van der Waals surface area contributed by atoms with Gasteiger partial charge in [-0.2, -0.15) is 5.26 Å². The zero-order valence-electron chi connectivity index (χ0n) is 21.7. The molecule has 2 unspecified atom stereocenters. The van der Waals surface area contributed by atoms with E-state index in [4.69, 9.17) is 16.7 Å². The van der Waals surface area contributed by atoms with E-state index in [-0.39, 0.29) is 30.7 Å². The van der Waals surface area contributed by atoms with Gasteiger partial charge in [0.25, 0.3) is 5.91 Å². The van der Waals surface area contributed by atoms with E-state index in [9.17, 15) is 19.6 Å². The quantitative estimate of drug-likeness (QED) is 0.342. The molecule has 200 valence electrons. The van der Waals surface area contributed by atoms with Crippen LogP contribution in [0.4, 0.5) is 5.69 Å². The van der Waals surface area contributed by atoms with Crippen molar-refractivity contribution >= 4 is 35.1 Å². The van der Waals surface area contributed by atoms with Gasteiger partial charge in [0.05, 0.1) is 24.0 Å². The smallest absolute Gasteiger partial charge is 0.305 e. The topological polar surface area (TPSA) is 110 Å². The standard InChI is InChI=1S/C31H30ClN3O4/c1-2-3-26(21-5-7-23(8-6-21)30(38)34-16-14-28(36)37)29(22-9-11-25(32)12-10-22)31(39)35-17-15-24-18-20(19-33)4-13-27(24)35/h4-13,18,26,29H,2-3,14-17H2,1H3,(H,34,38)(H,36,37). The average Bonchev–Trinajstić information content (AvgIpc) is 3.36. The Hall–Kier alpha value is -4.15. The maximum atomic E-state index is 14.3. The molecule has 2 amide bonds.